The molecule has 106 valence electrons. The second-order valence-corrected chi connectivity index (χ2v) is 5.21. The van der Waals surface area contributed by atoms with Crippen LogP contribution in [-0.4, -0.2) is 32.5 Å². The molecule has 1 aliphatic heterocycles. The van der Waals surface area contributed by atoms with Crippen molar-refractivity contribution in [2.75, 3.05) is 26.4 Å². The number of hydrogen-bond acceptors (Lipinski definition) is 3. The number of ether oxygens (including phenoxy) is 2. The van der Waals surface area contributed by atoms with Crippen LogP contribution < -0.4 is 5.32 Å². The lowest BCUT2D eigenvalue weighted by Crippen LogP contribution is -2.38. The highest BCUT2D eigenvalue weighted by molar-refractivity contribution is 5.83. The van der Waals surface area contributed by atoms with E-state index in [1.807, 2.05) is 0 Å². The molecule has 1 unspecified atom stereocenters. The summed E-state index contributed by atoms with van der Waals surface area (Å²) in [6.45, 7) is 5.22. The summed E-state index contributed by atoms with van der Waals surface area (Å²) in [5.74, 6) is 0. The first kappa shape index (κ1) is 13.6. The van der Waals surface area contributed by atoms with Crippen molar-refractivity contribution in [1.29, 1.82) is 0 Å². The SMILES string of the molecule is CCNC(COC1COC1)c1ccc2ccccc2c1. The Kier molecular flexibility index (Phi) is 4.31. The van der Waals surface area contributed by atoms with Crippen molar-refractivity contribution in [3.05, 3.63) is 48.0 Å². The first-order valence-electron chi connectivity index (χ1n) is 7.28. The van der Waals surface area contributed by atoms with Crippen LogP contribution in [0.4, 0.5) is 0 Å². The van der Waals surface area contributed by atoms with Gasteiger partial charge in [0.1, 0.15) is 6.10 Å². The Balaban J connectivity index is 1.76. The number of rotatable bonds is 6. The van der Waals surface area contributed by atoms with Crippen LogP contribution in [0.2, 0.25) is 0 Å². The minimum absolute atomic E-state index is 0.241. The largest absolute Gasteiger partial charge is 0.376 e. The molecule has 1 saturated heterocycles. The molecule has 2 aromatic rings. The average Bonchev–Trinajstić information content (AvgIpc) is 2.44. The molecule has 3 rings (SSSR count). The summed E-state index contributed by atoms with van der Waals surface area (Å²) < 4.78 is 11.0. The minimum Gasteiger partial charge on any atom is -0.376 e. The van der Waals surface area contributed by atoms with Crippen LogP contribution in [-0.2, 0) is 9.47 Å². The third kappa shape index (κ3) is 3.01. The average molecular weight is 271 g/mol. The molecule has 0 spiro atoms. The molecule has 0 radical (unpaired) electrons. The standard InChI is InChI=1S/C17H21NO2/c1-2-18-17(12-20-16-10-19-11-16)15-8-7-13-5-3-4-6-14(13)9-15/h3-9,16-18H,2,10-12H2,1H3. The number of benzene rings is 2. The molecule has 0 aliphatic carbocycles. The van der Waals surface area contributed by atoms with Gasteiger partial charge in [-0.15, -0.1) is 0 Å². The summed E-state index contributed by atoms with van der Waals surface area (Å²) in [7, 11) is 0. The molecule has 3 heteroatoms. The molecular formula is C17H21NO2. The van der Waals surface area contributed by atoms with Crippen LogP contribution >= 0.6 is 0 Å². The van der Waals surface area contributed by atoms with Crippen LogP contribution in [0.3, 0.4) is 0 Å². The maximum absolute atomic E-state index is 5.87. The summed E-state index contributed by atoms with van der Waals surface area (Å²) in [6.07, 6.45) is 0.275. The lowest BCUT2D eigenvalue weighted by molar-refractivity contribution is -0.133. The predicted octanol–water partition coefficient (Wildman–Crippen LogP) is 2.91. The molecule has 0 bridgehead atoms. The molecule has 0 saturated carbocycles. The second-order valence-electron chi connectivity index (χ2n) is 5.21. The summed E-state index contributed by atoms with van der Waals surface area (Å²) >= 11 is 0. The predicted molar refractivity (Wildman–Crippen MR) is 80.9 cm³/mol. The van der Waals surface area contributed by atoms with Crippen molar-refractivity contribution in [3.63, 3.8) is 0 Å². The van der Waals surface area contributed by atoms with Gasteiger partial charge in [-0.05, 0) is 28.9 Å². The van der Waals surface area contributed by atoms with E-state index in [0.717, 1.165) is 19.8 Å². The van der Waals surface area contributed by atoms with Gasteiger partial charge in [0.15, 0.2) is 0 Å². The molecular weight excluding hydrogens is 250 g/mol. The zero-order valence-corrected chi connectivity index (χ0v) is 11.8. The third-order valence-corrected chi connectivity index (χ3v) is 3.73. The van der Waals surface area contributed by atoms with E-state index >= 15 is 0 Å². The number of nitrogens with one attached hydrogen (secondary N) is 1. The first-order valence-corrected chi connectivity index (χ1v) is 7.28. The Morgan fingerprint density at radius 1 is 1.20 bits per heavy atom. The Labute approximate surface area is 119 Å². The normalized spacial score (nSPS) is 17.1. The molecule has 20 heavy (non-hydrogen) atoms. The highest BCUT2D eigenvalue weighted by Crippen LogP contribution is 2.21. The van der Waals surface area contributed by atoms with Crippen molar-refractivity contribution in [3.8, 4) is 0 Å². The Hall–Kier alpha value is -1.42. The van der Waals surface area contributed by atoms with Gasteiger partial charge < -0.3 is 14.8 Å². The summed E-state index contributed by atoms with van der Waals surface area (Å²) in [6, 6.07) is 15.3. The van der Waals surface area contributed by atoms with E-state index in [9.17, 15) is 0 Å². The van der Waals surface area contributed by atoms with Gasteiger partial charge in [0.25, 0.3) is 0 Å². The van der Waals surface area contributed by atoms with Crippen LogP contribution in [0.5, 0.6) is 0 Å². The Morgan fingerprint density at radius 2 is 2.00 bits per heavy atom. The zero-order chi connectivity index (χ0) is 13.8. The van der Waals surface area contributed by atoms with Crippen molar-refractivity contribution < 1.29 is 9.47 Å². The van der Waals surface area contributed by atoms with Gasteiger partial charge in [-0.1, -0.05) is 43.3 Å². The smallest absolute Gasteiger partial charge is 0.104 e. The monoisotopic (exact) mass is 271 g/mol. The van der Waals surface area contributed by atoms with Crippen molar-refractivity contribution >= 4 is 10.8 Å². The minimum atomic E-state index is 0.241. The third-order valence-electron chi connectivity index (χ3n) is 3.73. The molecule has 1 heterocycles. The van der Waals surface area contributed by atoms with Crippen molar-refractivity contribution in [2.45, 2.75) is 19.1 Å². The van der Waals surface area contributed by atoms with Crippen molar-refractivity contribution in [1.82, 2.24) is 5.32 Å². The maximum Gasteiger partial charge on any atom is 0.104 e. The molecule has 1 fully saturated rings. The van der Waals surface area contributed by atoms with Crippen molar-refractivity contribution in [2.24, 2.45) is 0 Å². The van der Waals surface area contributed by atoms with Gasteiger partial charge in [0, 0.05) is 0 Å². The van der Waals surface area contributed by atoms with Crippen LogP contribution in [0.15, 0.2) is 42.5 Å². The van der Waals surface area contributed by atoms with E-state index in [1.54, 1.807) is 0 Å². The van der Waals surface area contributed by atoms with Gasteiger partial charge in [-0.25, -0.2) is 0 Å². The lowest BCUT2D eigenvalue weighted by atomic mass is 10.0. The van der Waals surface area contributed by atoms with Gasteiger partial charge in [0.05, 0.1) is 25.9 Å². The van der Waals surface area contributed by atoms with E-state index in [-0.39, 0.29) is 12.1 Å². The molecule has 3 nitrogen and oxygen atoms in total. The quantitative estimate of drug-likeness (QED) is 0.876. The van der Waals surface area contributed by atoms with Gasteiger partial charge >= 0.3 is 0 Å². The molecule has 2 aromatic carbocycles. The van der Waals surface area contributed by atoms with Crippen LogP contribution in [0.25, 0.3) is 10.8 Å². The summed E-state index contributed by atoms with van der Waals surface area (Å²) in [5, 5.41) is 6.06. The zero-order valence-electron chi connectivity index (χ0n) is 11.8. The molecule has 1 aliphatic rings. The molecule has 0 aromatic heterocycles. The van der Waals surface area contributed by atoms with Gasteiger partial charge in [-0.2, -0.15) is 0 Å². The van der Waals surface area contributed by atoms with E-state index < -0.39 is 0 Å². The molecule has 1 atom stereocenters. The Morgan fingerprint density at radius 3 is 2.70 bits per heavy atom. The van der Waals surface area contributed by atoms with Crippen LogP contribution in [0, 0.1) is 0 Å². The Bertz CT molecular complexity index is 566. The number of fused-ring (bicyclic) bond motifs is 1. The van der Waals surface area contributed by atoms with E-state index in [0.29, 0.717) is 6.61 Å². The summed E-state index contributed by atoms with van der Waals surface area (Å²) in [5.41, 5.74) is 1.28. The second kappa shape index (κ2) is 6.35. The fraction of sp³-hybridized carbons (Fsp3) is 0.412. The fourth-order valence-corrected chi connectivity index (χ4v) is 2.49. The maximum atomic E-state index is 5.87. The fourth-order valence-electron chi connectivity index (χ4n) is 2.49. The number of likely N-dealkylation sites (N-methyl/N-ethyl adjacent to an activating group) is 1. The molecule has 1 N–H and O–H groups in total. The first-order chi connectivity index (χ1) is 9.86. The highest BCUT2D eigenvalue weighted by Gasteiger charge is 2.21. The van der Waals surface area contributed by atoms with Gasteiger partial charge in [-0.3, -0.25) is 0 Å². The van der Waals surface area contributed by atoms with E-state index in [2.05, 4.69) is 54.7 Å². The summed E-state index contributed by atoms with van der Waals surface area (Å²) in [4.78, 5) is 0. The van der Waals surface area contributed by atoms with E-state index in [1.165, 1.54) is 16.3 Å². The number of hydrogen-bond donors (Lipinski definition) is 1. The lowest BCUT2D eigenvalue weighted by Gasteiger charge is -2.28. The van der Waals surface area contributed by atoms with Gasteiger partial charge in [0.2, 0.25) is 0 Å². The van der Waals surface area contributed by atoms with E-state index in [4.69, 9.17) is 9.47 Å². The van der Waals surface area contributed by atoms with Crippen LogP contribution in [0.1, 0.15) is 18.5 Å². The highest BCUT2D eigenvalue weighted by atomic mass is 16.6. The molecule has 0 amide bonds. The topological polar surface area (TPSA) is 30.5 Å².